The van der Waals surface area contributed by atoms with E-state index in [4.69, 9.17) is 0 Å². The zero-order valence-corrected chi connectivity index (χ0v) is 16.6. The molecular weight excluding hydrogens is 332 g/mol. The Morgan fingerprint density at radius 3 is 2.52 bits per heavy atom. The molecule has 0 aromatic rings. The van der Waals surface area contributed by atoms with Gasteiger partial charge < -0.3 is 15.5 Å². The molecule has 2 aliphatic carbocycles. The van der Waals surface area contributed by atoms with Crippen LogP contribution >= 0.6 is 11.8 Å². The van der Waals surface area contributed by atoms with Crippen LogP contribution in [0.3, 0.4) is 0 Å². The molecule has 1 aliphatic heterocycles. The number of nitrogens with one attached hydrogen (secondary N) is 2. The Bertz CT molecular complexity index is 470. The minimum absolute atomic E-state index is 0.244. The Hall–Kier alpha value is -0.910. The van der Waals surface area contributed by atoms with Crippen molar-refractivity contribution in [2.75, 3.05) is 31.6 Å². The number of guanidine groups is 1. The van der Waals surface area contributed by atoms with Crippen molar-refractivity contribution < 1.29 is 4.79 Å². The summed E-state index contributed by atoms with van der Waals surface area (Å²) in [6.45, 7) is 4.14. The van der Waals surface area contributed by atoms with Crippen molar-refractivity contribution >= 4 is 23.6 Å². The summed E-state index contributed by atoms with van der Waals surface area (Å²) in [5.41, 5.74) is 0. The lowest BCUT2D eigenvalue weighted by Gasteiger charge is -2.34. The summed E-state index contributed by atoms with van der Waals surface area (Å²) in [4.78, 5) is 19.1. The highest BCUT2D eigenvalue weighted by molar-refractivity contribution is 7.99. The fraction of sp³-hybridized carbons (Fsp3) is 0.895. The van der Waals surface area contributed by atoms with E-state index in [-0.39, 0.29) is 5.92 Å². The van der Waals surface area contributed by atoms with E-state index >= 15 is 0 Å². The first-order valence-electron chi connectivity index (χ1n) is 10.1. The van der Waals surface area contributed by atoms with Gasteiger partial charge in [0.05, 0.1) is 0 Å². The molecule has 3 rings (SSSR count). The molecule has 0 aromatic carbocycles. The Morgan fingerprint density at radius 2 is 1.88 bits per heavy atom. The molecule has 1 saturated heterocycles. The molecule has 0 aromatic heterocycles. The summed E-state index contributed by atoms with van der Waals surface area (Å²) < 4.78 is 0. The van der Waals surface area contributed by atoms with Crippen molar-refractivity contribution in [3.05, 3.63) is 0 Å². The lowest BCUT2D eigenvalue weighted by Crippen LogP contribution is -2.48. The van der Waals surface area contributed by atoms with Crippen LogP contribution < -0.4 is 10.6 Å². The highest BCUT2D eigenvalue weighted by atomic mass is 32.2. The van der Waals surface area contributed by atoms with E-state index < -0.39 is 0 Å². The molecule has 0 bridgehead atoms. The van der Waals surface area contributed by atoms with Crippen LogP contribution in [0.4, 0.5) is 0 Å². The number of amides is 1. The van der Waals surface area contributed by atoms with Crippen molar-refractivity contribution in [1.29, 1.82) is 0 Å². The second-order valence-electron chi connectivity index (χ2n) is 7.74. The molecule has 2 saturated carbocycles. The molecule has 142 valence electrons. The molecule has 2 N–H and O–H groups in total. The molecular formula is C19H34N4OS. The molecule has 5 nitrogen and oxygen atoms in total. The molecule has 3 fully saturated rings. The number of hydrogen-bond acceptors (Lipinski definition) is 3. The molecule has 2 atom stereocenters. The molecule has 3 aliphatic rings. The van der Waals surface area contributed by atoms with Crippen LogP contribution in [0.5, 0.6) is 0 Å². The van der Waals surface area contributed by atoms with Gasteiger partial charge in [-0.25, -0.2) is 0 Å². The third-order valence-electron chi connectivity index (χ3n) is 5.87. The number of carbonyl (C=O) groups is 1. The minimum atomic E-state index is 0.244. The SMILES string of the molecule is CCCC1CC1NC(=NC)NC1CCC(C(=O)N2CCSCC2)CC1. The first-order valence-corrected chi connectivity index (χ1v) is 11.2. The van der Waals surface area contributed by atoms with E-state index in [1.807, 2.05) is 18.8 Å². The first kappa shape index (κ1) is 18.9. The van der Waals surface area contributed by atoms with Crippen LogP contribution in [0.15, 0.2) is 4.99 Å². The topological polar surface area (TPSA) is 56.7 Å². The third-order valence-corrected chi connectivity index (χ3v) is 6.81. The molecule has 25 heavy (non-hydrogen) atoms. The minimum Gasteiger partial charge on any atom is -0.354 e. The van der Waals surface area contributed by atoms with E-state index in [1.165, 1.54) is 19.3 Å². The average Bonchev–Trinajstić information content (AvgIpc) is 3.39. The average molecular weight is 367 g/mol. The van der Waals surface area contributed by atoms with Crippen molar-refractivity contribution in [1.82, 2.24) is 15.5 Å². The Morgan fingerprint density at radius 1 is 1.16 bits per heavy atom. The van der Waals surface area contributed by atoms with E-state index in [9.17, 15) is 4.79 Å². The van der Waals surface area contributed by atoms with Gasteiger partial charge in [0.25, 0.3) is 0 Å². The summed E-state index contributed by atoms with van der Waals surface area (Å²) in [5.74, 6) is 4.64. The van der Waals surface area contributed by atoms with Crippen molar-refractivity contribution in [3.8, 4) is 0 Å². The Labute approximate surface area is 156 Å². The largest absolute Gasteiger partial charge is 0.354 e. The number of aliphatic imine (C=N–C) groups is 1. The molecule has 0 radical (unpaired) electrons. The molecule has 6 heteroatoms. The van der Waals surface area contributed by atoms with Crippen LogP contribution in [0, 0.1) is 11.8 Å². The summed E-state index contributed by atoms with van der Waals surface area (Å²) in [6, 6.07) is 1.07. The van der Waals surface area contributed by atoms with Crippen molar-refractivity contribution in [2.24, 2.45) is 16.8 Å². The third kappa shape index (κ3) is 5.28. The summed E-state index contributed by atoms with van der Waals surface area (Å²) in [5, 5.41) is 7.16. The lowest BCUT2D eigenvalue weighted by atomic mass is 9.85. The molecule has 1 amide bonds. The van der Waals surface area contributed by atoms with Crippen LogP contribution in [0.1, 0.15) is 51.9 Å². The van der Waals surface area contributed by atoms with E-state index in [2.05, 4.69) is 27.4 Å². The van der Waals surface area contributed by atoms with Crippen LogP contribution in [0.2, 0.25) is 0 Å². The monoisotopic (exact) mass is 366 g/mol. The lowest BCUT2D eigenvalue weighted by molar-refractivity contribution is -0.136. The van der Waals surface area contributed by atoms with Gasteiger partial charge in [-0.3, -0.25) is 9.79 Å². The van der Waals surface area contributed by atoms with Gasteiger partial charge in [0.1, 0.15) is 0 Å². The Kier molecular flexibility index (Phi) is 6.91. The quantitative estimate of drug-likeness (QED) is 0.580. The van der Waals surface area contributed by atoms with Gasteiger partial charge in [0, 0.05) is 49.6 Å². The predicted octanol–water partition coefficient (Wildman–Crippen LogP) is 2.47. The molecule has 1 heterocycles. The highest BCUT2D eigenvalue weighted by Gasteiger charge is 2.37. The van der Waals surface area contributed by atoms with Crippen molar-refractivity contribution in [2.45, 2.75) is 64.0 Å². The second-order valence-corrected chi connectivity index (χ2v) is 8.96. The van der Waals surface area contributed by atoms with Gasteiger partial charge in [-0.1, -0.05) is 13.3 Å². The standard InChI is InChI=1S/C19H34N4OS/c1-3-4-15-13-17(15)22-19(20-2)21-16-7-5-14(6-8-16)18(24)23-9-11-25-12-10-23/h14-17H,3-13H2,1-2H3,(H2,20,21,22). The number of hydrogen-bond donors (Lipinski definition) is 2. The number of nitrogens with zero attached hydrogens (tertiary/aromatic N) is 2. The van der Waals surface area contributed by atoms with Gasteiger partial charge in [-0.2, -0.15) is 11.8 Å². The van der Waals surface area contributed by atoms with Crippen molar-refractivity contribution in [3.63, 3.8) is 0 Å². The maximum atomic E-state index is 12.6. The van der Waals surface area contributed by atoms with Gasteiger partial charge in [-0.15, -0.1) is 0 Å². The summed E-state index contributed by atoms with van der Waals surface area (Å²) in [6.07, 6.45) is 8.03. The maximum absolute atomic E-state index is 12.6. The zero-order valence-electron chi connectivity index (χ0n) is 15.8. The van der Waals surface area contributed by atoms with Crippen LogP contribution in [-0.4, -0.2) is 60.5 Å². The molecule has 2 unspecified atom stereocenters. The van der Waals surface area contributed by atoms with E-state index in [0.29, 0.717) is 18.0 Å². The normalized spacial score (nSPS) is 33.0. The van der Waals surface area contributed by atoms with Crippen LogP contribution in [-0.2, 0) is 4.79 Å². The molecule has 0 spiro atoms. The smallest absolute Gasteiger partial charge is 0.225 e. The summed E-state index contributed by atoms with van der Waals surface area (Å²) in [7, 11) is 1.86. The fourth-order valence-electron chi connectivity index (χ4n) is 4.18. The van der Waals surface area contributed by atoms with Gasteiger partial charge in [0.15, 0.2) is 5.96 Å². The number of rotatable bonds is 5. The second kappa shape index (κ2) is 9.15. The Balaban J connectivity index is 1.39. The number of thioether (sulfide) groups is 1. The predicted molar refractivity (Wildman–Crippen MR) is 106 cm³/mol. The number of carbonyl (C=O) groups excluding carboxylic acids is 1. The summed E-state index contributed by atoms with van der Waals surface area (Å²) >= 11 is 1.96. The fourth-order valence-corrected chi connectivity index (χ4v) is 5.08. The van der Waals surface area contributed by atoms with Gasteiger partial charge in [-0.05, 0) is 44.4 Å². The van der Waals surface area contributed by atoms with Crippen LogP contribution in [0.25, 0.3) is 0 Å². The highest BCUT2D eigenvalue weighted by Crippen LogP contribution is 2.34. The maximum Gasteiger partial charge on any atom is 0.225 e. The first-order chi connectivity index (χ1) is 12.2. The van der Waals surface area contributed by atoms with E-state index in [0.717, 1.165) is 62.2 Å². The van der Waals surface area contributed by atoms with Gasteiger partial charge in [0.2, 0.25) is 5.91 Å². The van der Waals surface area contributed by atoms with E-state index in [1.54, 1.807) is 0 Å². The van der Waals surface area contributed by atoms with Gasteiger partial charge >= 0.3 is 0 Å². The zero-order chi connectivity index (χ0) is 17.6.